The van der Waals surface area contributed by atoms with E-state index in [1.54, 1.807) is 51.3 Å². The zero-order valence-corrected chi connectivity index (χ0v) is 28.6. The third-order valence-electron chi connectivity index (χ3n) is 8.00. The van der Waals surface area contributed by atoms with Crippen LogP contribution in [0.5, 0.6) is 0 Å². The standard InChI is InChI=1S/C33H32ClF3N6O4S/c1-32(2,3)46-30(44)41-28-18(12-38)22-21(48-28)10-9-20(35)24(22)23-19(34)11-17-26(25(23)36)39-29(37)40-27(17)42-13-15-7-8-16(14-42)43(15)31(45)47-33(4,5)6/h9-11,15-16H,7-8,13-14H2,1-6H3,(H,41,44). The number of hydrogen-bond donors (Lipinski definition) is 1. The second-order valence-electron chi connectivity index (χ2n) is 13.8. The fraction of sp³-hybridized carbons (Fsp3) is 0.424. The minimum Gasteiger partial charge on any atom is -0.444 e. The molecule has 1 N–H and O–H groups in total. The number of nitriles is 1. The van der Waals surface area contributed by atoms with Gasteiger partial charge in [0.2, 0.25) is 0 Å². The van der Waals surface area contributed by atoms with Crippen molar-refractivity contribution in [3.8, 4) is 17.2 Å². The largest absolute Gasteiger partial charge is 0.444 e. The normalized spacial score (nSPS) is 17.9. The van der Waals surface area contributed by atoms with Crippen LogP contribution in [-0.4, -0.2) is 63.4 Å². The summed E-state index contributed by atoms with van der Waals surface area (Å²) in [7, 11) is 0. The molecule has 2 aromatic carbocycles. The Labute approximate surface area is 283 Å². The van der Waals surface area contributed by atoms with E-state index in [0.717, 1.165) is 17.4 Å². The van der Waals surface area contributed by atoms with Crippen LogP contribution >= 0.6 is 22.9 Å². The first-order chi connectivity index (χ1) is 22.5. The van der Waals surface area contributed by atoms with Crippen molar-refractivity contribution in [2.45, 2.75) is 77.7 Å². The lowest BCUT2D eigenvalue weighted by atomic mass is 9.96. The van der Waals surface area contributed by atoms with Crippen LogP contribution in [0.1, 0.15) is 59.9 Å². The minimum atomic E-state index is -1.21. The summed E-state index contributed by atoms with van der Waals surface area (Å²) in [6.45, 7) is 11.0. The van der Waals surface area contributed by atoms with Gasteiger partial charge >= 0.3 is 18.3 Å². The van der Waals surface area contributed by atoms with Crippen molar-refractivity contribution in [2.24, 2.45) is 0 Å². The van der Waals surface area contributed by atoms with Gasteiger partial charge in [0.05, 0.1) is 22.7 Å². The van der Waals surface area contributed by atoms with E-state index in [0.29, 0.717) is 17.5 Å². The van der Waals surface area contributed by atoms with Crippen LogP contribution in [0.4, 0.5) is 33.6 Å². The van der Waals surface area contributed by atoms with Gasteiger partial charge in [-0.2, -0.15) is 19.6 Å². The summed E-state index contributed by atoms with van der Waals surface area (Å²) in [5.41, 5.74) is -2.83. The van der Waals surface area contributed by atoms with Crippen molar-refractivity contribution < 1.29 is 32.2 Å². The van der Waals surface area contributed by atoms with Gasteiger partial charge in [0.25, 0.3) is 0 Å². The molecule has 0 aliphatic carbocycles. The highest BCUT2D eigenvalue weighted by Gasteiger charge is 2.45. The van der Waals surface area contributed by atoms with Crippen molar-refractivity contribution in [1.82, 2.24) is 14.9 Å². The predicted octanol–water partition coefficient (Wildman–Crippen LogP) is 8.39. The summed E-state index contributed by atoms with van der Waals surface area (Å²) < 4.78 is 58.7. The van der Waals surface area contributed by atoms with E-state index in [2.05, 4.69) is 15.3 Å². The van der Waals surface area contributed by atoms with Gasteiger partial charge in [0.1, 0.15) is 39.4 Å². The Morgan fingerprint density at radius 3 is 2.27 bits per heavy atom. The average molecular weight is 701 g/mol. The first kappa shape index (κ1) is 33.5. The summed E-state index contributed by atoms with van der Waals surface area (Å²) in [6, 6.07) is 5.33. The quantitative estimate of drug-likeness (QED) is 0.212. The van der Waals surface area contributed by atoms with Crippen molar-refractivity contribution in [3.63, 3.8) is 0 Å². The molecule has 15 heteroatoms. The molecule has 0 spiro atoms. The second kappa shape index (κ2) is 12.0. The highest BCUT2D eigenvalue weighted by Crippen LogP contribution is 2.47. The van der Waals surface area contributed by atoms with Crippen LogP contribution in [0.2, 0.25) is 5.02 Å². The number of ether oxygens (including phenoxy) is 2. The lowest BCUT2D eigenvalue weighted by molar-refractivity contribution is 0.0122. The molecule has 2 fully saturated rings. The molecule has 2 aromatic heterocycles. The minimum absolute atomic E-state index is 0.0123. The molecule has 2 amide bonds. The average Bonchev–Trinajstić information content (AvgIpc) is 3.45. The lowest BCUT2D eigenvalue weighted by Gasteiger charge is -2.42. The number of thiophene rings is 1. The Kier molecular flexibility index (Phi) is 8.36. The van der Waals surface area contributed by atoms with Crippen LogP contribution in [0.3, 0.4) is 0 Å². The smallest absolute Gasteiger partial charge is 0.412 e. The molecule has 252 valence electrons. The van der Waals surface area contributed by atoms with Gasteiger partial charge in [-0.25, -0.2) is 18.4 Å². The van der Waals surface area contributed by atoms with E-state index in [1.165, 1.54) is 12.1 Å². The number of piperazine rings is 1. The van der Waals surface area contributed by atoms with Gasteiger partial charge < -0.3 is 14.4 Å². The van der Waals surface area contributed by atoms with Crippen LogP contribution in [0.25, 0.3) is 32.1 Å². The molecule has 2 atom stereocenters. The van der Waals surface area contributed by atoms with E-state index >= 15 is 13.2 Å². The Hall–Kier alpha value is -4.35. The maximum absolute atomic E-state index is 16.6. The summed E-state index contributed by atoms with van der Waals surface area (Å²) in [5, 5.41) is 12.6. The van der Waals surface area contributed by atoms with E-state index < -0.39 is 52.2 Å². The maximum atomic E-state index is 16.6. The molecule has 2 bridgehead atoms. The number of nitrogens with zero attached hydrogens (tertiary/aromatic N) is 5. The molecule has 2 saturated heterocycles. The first-order valence-corrected chi connectivity index (χ1v) is 16.4. The van der Waals surface area contributed by atoms with Gasteiger partial charge in [-0.15, -0.1) is 11.3 Å². The van der Waals surface area contributed by atoms with Crippen LogP contribution < -0.4 is 10.2 Å². The van der Waals surface area contributed by atoms with Gasteiger partial charge in [0, 0.05) is 39.7 Å². The number of nitrogens with one attached hydrogen (secondary N) is 1. The predicted molar refractivity (Wildman–Crippen MR) is 177 cm³/mol. The number of hydrogen-bond acceptors (Lipinski definition) is 9. The number of benzene rings is 2. The van der Waals surface area contributed by atoms with Crippen molar-refractivity contribution in [2.75, 3.05) is 23.3 Å². The number of rotatable bonds is 3. The third kappa shape index (κ3) is 6.17. The monoisotopic (exact) mass is 700 g/mol. The fourth-order valence-electron chi connectivity index (χ4n) is 6.31. The molecule has 2 aliphatic rings. The Bertz CT molecular complexity index is 2020. The van der Waals surface area contributed by atoms with Gasteiger partial charge in [0.15, 0.2) is 5.82 Å². The molecule has 0 saturated carbocycles. The van der Waals surface area contributed by atoms with E-state index in [-0.39, 0.29) is 62.9 Å². The number of anilines is 2. The Morgan fingerprint density at radius 1 is 1.02 bits per heavy atom. The van der Waals surface area contributed by atoms with Crippen LogP contribution in [0, 0.1) is 29.0 Å². The number of fused-ring (bicyclic) bond motifs is 4. The SMILES string of the molecule is CC(C)(C)OC(=O)Nc1sc2ccc(F)c(-c3c(Cl)cc4c(N5CC6CCC(C5)N6C(=O)OC(C)(C)C)nc(F)nc4c3F)c2c1C#N. The van der Waals surface area contributed by atoms with Crippen molar-refractivity contribution in [1.29, 1.82) is 5.26 Å². The second-order valence-corrected chi connectivity index (χ2v) is 15.2. The molecule has 2 unspecified atom stereocenters. The van der Waals surface area contributed by atoms with Crippen LogP contribution in [-0.2, 0) is 9.47 Å². The van der Waals surface area contributed by atoms with Crippen molar-refractivity contribution in [3.05, 3.63) is 46.5 Å². The molecule has 0 radical (unpaired) electrons. The van der Waals surface area contributed by atoms with E-state index in [4.69, 9.17) is 21.1 Å². The summed E-state index contributed by atoms with van der Waals surface area (Å²) in [4.78, 5) is 36.7. The molecular formula is C33H32ClF3N6O4S. The Morgan fingerprint density at radius 2 is 1.67 bits per heavy atom. The third-order valence-corrected chi connectivity index (χ3v) is 9.37. The maximum Gasteiger partial charge on any atom is 0.412 e. The number of aromatic nitrogens is 2. The zero-order valence-electron chi connectivity index (χ0n) is 27.0. The molecule has 48 heavy (non-hydrogen) atoms. The fourth-order valence-corrected chi connectivity index (χ4v) is 7.65. The molecule has 4 heterocycles. The highest BCUT2D eigenvalue weighted by molar-refractivity contribution is 7.23. The summed E-state index contributed by atoms with van der Waals surface area (Å²) in [6.07, 6.45) is -1.08. The molecular weight excluding hydrogens is 669 g/mol. The first-order valence-electron chi connectivity index (χ1n) is 15.2. The number of carbonyl (C=O) groups excluding carboxylic acids is 2. The van der Waals surface area contributed by atoms with Gasteiger partial charge in [-0.3, -0.25) is 10.2 Å². The number of carbonyl (C=O) groups is 2. The molecule has 6 rings (SSSR count). The number of halogens is 4. The zero-order chi connectivity index (χ0) is 34.9. The molecule has 2 aliphatic heterocycles. The van der Waals surface area contributed by atoms with Gasteiger partial charge in [-0.05, 0) is 72.6 Å². The van der Waals surface area contributed by atoms with Crippen molar-refractivity contribution >= 4 is 66.9 Å². The topological polar surface area (TPSA) is 121 Å². The Balaban J connectivity index is 1.43. The molecule has 10 nitrogen and oxygen atoms in total. The molecule has 4 aromatic rings. The number of amides is 2. The van der Waals surface area contributed by atoms with E-state index in [9.17, 15) is 14.9 Å². The van der Waals surface area contributed by atoms with Gasteiger partial charge in [-0.1, -0.05) is 11.6 Å². The summed E-state index contributed by atoms with van der Waals surface area (Å²) in [5.74, 6) is -1.93. The highest BCUT2D eigenvalue weighted by atomic mass is 35.5. The van der Waals surface area contributed by atoms with E-state index in [1.807, 2.05) is 6.07 Å². The summed E-state index contributed by atoms with van der Waals surface area (Å²) >= 11 is 7.68. The lowest BCUT2D eigenvalue weighted by Crippen LogP contribution is -2.57. The van der Waals surface area contributed by atoms with Crippen LogP contribution in [0.15, 0.2) is 18.2 Å².